The van der Waals surface area contributed by atoms with E-state index in [1.807, 2.05) is 0 Å². The Labute approximate surface area is 112 Å². The van der Waals surface area contributed by atoms with E-state index in [1.165, 1.54) is 18.4 Å². The molecule has 1 aromatic rings. The molecule has 2 rings (SSSR count). The van der Waals surface area contributed by atoms with Crippen LogP contribution in [-0.4, -0.2) is 6.54 Å². The third-order valence-corrected chi connectivity index (χ3v) is 4.20. The standard InChI is InChI=1S/C17H27N/c1-6-18-16-10-7-12(2)14-9-8-13(11-15(14)16)17(3,4)5/h8-9,11-12,16,18H,6-7,10H2,1-5H3. The van der Waals surface area contributed by atoms with E-state index in [2.05, 4.69) is 58.1 Å². The van der Waals surface area contributed by atoms with Crippen molar-refractivity contribution in [1.29, 1.82) is 0 Å². The Hall–Kier alpha value is -0.820. The van der Waals surface area contributed by atoms with Gasteiger partial charge in [0.25, 0.3) is 0 Å². The van der Waals surface area contributed by atoms with Crippen LogP contribution in [0.1, 0.15) is 76.1 Å². The summed E-state index contributed by atoms with van der Waals surface area (Å²) in [6, 6.07) is 7.69. The van der Waals surface area contributed by atoms with Crippen molar-refractivity contribution in [3.05, 3.63) is 34.9 Å². The van der Waals surface area contributed by atoms with Crippen LogP contribution in [0.5, 0.6) is 0 Å². The van der Waals surface area contributed by atoms with Crippen molar-refractivity contribution < 1.29 is 0 Å². The molecule has 1 aliphatic carbocycles. The lowest BCUT2D eigenvalue weighted by molar-refractivity contribution is 0.439. The monoisotopic (exact) mass is 245 g/mol. The molecule has 0 heterocycles. The fourth-order valence-corrected chi connectivity index (χ4v) is 2.98. The first kappa shape index (κ1) is 13.6. The fourth-order valence-electron chi connectivity index (χ4n) is 2.98. The number of hydrogen-bond donors (Lipinski definition) is 1. The van der Waals surface area contributed by atoms with Gasteiger partial charge in [0.05, 0.1) is 0 Å². The molecule has 0 aromatic heterocycles. The number of hydrogen-bond acceptors (Lipinski definition) is 1. The largest absolute Gasteiger partial charge is 0.310 e. The second kappa shape index (κ2) is 5.05. The van der Waals surface area contributed by atoms with Crippen molar-refractivity contribution in [2.75, 3.05) is 6.54 Å². The third kappa shape index (κ3) is 2.61. The van der Waals surface area contributed by atoms with Crippen molar-refractivity contribution in [2.24, 2.45) is 0 Å². The summed E-state index contributed by atoms with van der Waals surface area (Å²) in [5, 5.41) is 3.64. The highest BCUT2D eigenvalue weighted by Crippen LogP contribution is 2.39. The third-order valence-electron chi connectivity index (χ3n) is 4.20. The minimum atomic E-state index is 0.243. The van der Waals surface area contributed by atoms with Gasteiger partial charge in [-0.2, -0.15) is 0 Å². The SMILES string of the molecule is CCNC1CCC(C)c2ccc(C(C)(C)C)cc21. The molecule has 18 heavy (non-hydrogen) atoms. The van der Waals surface area contributed by atoms with Gasteiger partial charge in [0, 0.05) is 6.04 Å². The van der Waals surface area contributed by atoms with Crippen molar-refractivity contribution in [2.45, 2.75) is 64.8 Å². The predicted molar refractivity (Wildman–Crippen MR) is 79.2 cm³/mol. The van der Waals surface area contributed by atoms with Crippen LogP contribution in [0.3, 0.4) is 0 Å². The highest BCUT2D eigenvalue weighted by molar-refractivity contribution is 5.40. The Morgan fingerprint density at radius 3 is 2.50 bits per heavy atom. The molecule has 0 spiro atoms. The maximum Gasteiger partial charge on any atom is 0.0323 e. The van der Waals surface area contributed by atoms with Crippen LogP contribution in [0, 0.1) is 0 Å². The number of benzene rings is 1. The van der Waals surface area contributed by atoms with Gasteiger partial charge in [0.1, 0.15) is 0 Å². The van der Waals surface area contributed by atoms with Crippen molar-refractivity contribution in [3.63, 3.8) is 0 Å². The minimum Gasteiger partial charge on any atom is -0.310 e. The van der Waals surface area contributed by atoms with Crippen LogP contribution in [-0.2, 0) is 5.41 Å². The molecule has 1 nitrogen and oxygen atoms in total. The highest BCUT2D eigenvalue weighted by atomic mass is 14.9. The molecule has 0 saturated carbocycles. The lowest BCUT2D eigenvalue weighted by Gasteiger charge is -2.32. The second-order valence-electron chi connectivity index (χ2n) is 6.68. The molecule has 0 radical (unpaired) electrons. The van der Waals surface area contributed by atoms with Crippen LogP contribution in [0.15, 0.2) is 18.2 Å². The van der Waals surface area contributed by atoms with Gasteiger partial charge < -0.3 is 5.32 Å². The predicted octanol–water partition coefficient (Wildman–Crippen LogP) is 4.53. The Morgan fingerprint density at radius 1 is 1.17 bits per heavy atom. The molecular weight excluding hydrogens is 218 g/mol. The molecule has 1 N–H and O–H groups in total. The molecule has 1 aromatic carbocycles. The van der Waals surface area contributed by atoms with E-state index in [1.54, 1.807) is 11.1 Å². The molecule has 100 valence electrons. The average molecular weight is 245 g/mol. The van der Waals surface area contributed by atoms with Gasteiger partial charge in [-0.3, -0.25) is 0 Å². The van der Waals surface area contributed by atoms with Gasteiger partial charge in [-0.15, -0.1) is 0 Å². The lowest BCUT2D eigenvalue weighted by Crippen LogP contribution is -2.26. The highest BCUT2D eigenvalue weighted by Gasteiger charge is 2.26. The van der Waals surface area contributed by atoms with E-state index in [0.717, 1.165) is 6.54 Å². The van der Waals surface area contributed by atoms with E-state index in [-0.39, 0.29) is 5.41 Å². The van der Waals surface area contributed by atoms with Crippen LogP contribution in [0.25, 0.3) is 0 Å². The zero-order valence-corrected chi connectivity index (χ0v) is 12.5. The molecule has 2 unspecified atom stereocenters. The molecule has 0 bridgehead atoms. The molecule has 0 aliphatic heterocycles. The van der Waals surface area contributed by atoms with Gasteiger partial charge in [0.15, 0.2) is 0 Å². The lowest BCUT2D eigenvalue weighted by atomic mass is 9.77. The fraction of sp³-hybridized carbons (Fsp3) is 0.647. The van der Waals surface area contributed by atoms with Crippen LogP contribution >= 0.6 is 0 Å². The van der Waals surface area contributed by atoms with E-state index < -0.39 is 0 Å². The number of nitrogens with one attached hydrogen (secondary N) is 1. The Morgan fingerprint density at radius 2 is 1.89 bits per heavy atom. The molecule has 0 amide bonds. The maximum absolute atomic E-state index is 3.64. The number of rotatable bonds is 2. The van der Waals surface area contributed by atoms with E-state index in [9.17, 15) is 0 Å². The summed E-state index contributed by atoms with van der Waals surface area (Å²) in [5.74, 6) is 0.712. The van der Waals surface area contributed by atoms with Crippen LogP contribution < -0.4 is 5.32 Å². The van der Waals surface area contributed by atoms with Gasteiger partial charge in [0.2, 0.25) is 0 Å². The van der Waals surface area contributed by atoms with Crippen molar-refractivity contribution >= 4 is 0 Å². The summed E-state index contributed by atoms with van der Waals surface area (Å²) in [7, 11) is 0. The van der Waals surface area contributed by atoms with Crippen molar-refractivity contribution in [3.8, 4) is 0 Å². The maximum atomic E-state index is 3.64. The quantitative estimate of drug-likeness (QED) is 0.807. The van der Waals surface area contributed by atoms with E-state index >= 15 is 0 Å². The summed E-state index contributed by atoms with van der Waals surface area (Å²) < 4.78 is 0. The van der Waals surface area contributed by atoms with Gasteiger partial charge in [-0.1, -0.05) is 52.8 Å². The van der Waals surface area contributed by atoms with Gasteiger partial charge in [-0.25, -0.2) is 0 Å². The number of fused-ring (bicyclic) bond motifs is 1. The topological polar surface area (TPSA) is 12.0 Å². The molecule has 0 saturated heterocycles. The molecule has 1 aliphatic rings. The first-order chi connectivity index (χ1) is 8.43. The first-order valence-corrected chi connectivity index (χ1v) is 7.31. The minimum absolute atomic E-state index is 0.243. The van der Waals surface area contributed by atoms with Gasteiger partial charge >= 0.3 is 0 Å². The molecule has 0 fully saturated rings. The van der Waals surface area contributed by atoms with Gasteiger partial charge in [-0.05, 0) is 47.4 Å². The van der Waals surface area contributed by atoms with Crippen molar-refractivity contribution in [1.82, 2.24) is 5.32 Å². The van der Waals surface area contributed by atoms with E-state index in [0.29, 0.717) is 12.0 Å². The van der Waals surface area contributed by atoms with E-state index in [4.69, 9.17) is 0 Å². The van der Waals surface area contributed by atoms with Crippen LogP contribution in [0.4, 0.5) is 0 Å². The van der Waals surface area contributed by atoms with Crippen LogP contribution in [0.2, 0.25) is 0 Å². The summed E-state index contributed by atoms with van der Waals surface area (Å²) in [6.07, 6.45) is 2.58. The Kier molecular flexibility index (Phi) is 3.82. The average Bonchev–Trinajstić information content (AvgIpc) is 2.31. The Bertz CT molecular complexity index is 414. The first-order valence-electron chi connectivity index (χ1n) is 7.31. The molecular formula is C17H27N. The summed E-state index contributed by atoms with van der Waals surface area (Å²) in [5.41, 5.74) is 4.80. The zero-order valence-electron chi connectivity index (χ0n) is 12.5. The summed E-state index contributed by atoms with van der Waals surface area (Å²) in [6.45, 7) is 12.5. The normalized spacial score (nSPS) is 23.8. The Balaban J connectivity index is 2.43. The molecule has 1 heteroatoms. The smallest absolute Gasteiger partial charge is 0.0323 e. The summed E-state index contributed by atoms with van der Waals surface area (Å²) in [4.78, 5) is 0. The molecule has 2 atom stereocenters. The zero-order chi connectivity index (χ0) is 13.3. The second-order valence-corrected chi connectivity index (χ2v) is 6.68. The summed E-state index contributed by atoms with van der Waals surface area (Å²) >= 11 is 0.